The van der Waals surface area contributed by atoms with Gasteiger partial charge in [0.25, 0.3) is 11.8 Å². The molecule has 0 spiro atoms. The lowest BCUT2D eigenvalue weighted by Gasteiger charge is -2.19. The fourth-order valence-electron chi connectivity index (χ4n) is 4.68. The third-order valence-corrected chi connectivity index (χ3v) is 8.71. The molecule has 0 fully saturated rings. The summed E-state index contributed by atoms with van der Waals surface area (Å²) in [6.07, 6.45) is 1.47. The van der Waals surface area contributed by atoms with Crippen LogP contribution in [0.4, 0.5) is 15.8 Å². The third kappa shape index (κ3) is 9.28. The Kier molecular flexibility index (Phi) is 11.7. The van der Waals surface area contributed by atoms with E-state index in [4.69, 9.17) is 21.1 Å². The van der Waals surface area contributed by atoms with Crippen molar-refractivity contribution in [1.82, 2.24) is 5.32 Å². The number of benzene rings is 5. The molecule has 5 aromatic carbocycles. The van der Waals surface area contributed by atoms with Gasteiger partial charge < -0.3 is 25.4 Å². The van der Waals surface area contributed by atoms with Gasteiger partial charge in [0, 0.05) is 22.2 Å². The summed E-state index contributed by atoms with van der Waals surface area (Å²) in [7, 11) is 2.98. The van der Waals surface area contributed by atoms with Crippen LogP contribution in [0.3, 0.4) is 0 Å². The van der Waals surface area contributed by atoms with Gasteiger partial charge in [0.15, 0.2) is 0 Å². The van der Waals surface area contributed by atoms with Gasteiger partial charge in [0.2, 0.25) is 5.91 Å². The number of hydrogen-bond donors (Lipinski definition) is 3. The Morgan fingerprint density at radius 3 is 2.04 bits per heavy atom. The van der Waals surface area contributed by atoms with Crippen molar-refractivity contribution >= 4 is 58.5 Å². The molecule has 248 valence electrons. The summed E-state index contributed by atoms with van der Waals surface area (Å²) in [6.45, 7) is 0. The van der Waals surface area contributed by atoms with Crippen LogP contribution < -0.4 is 25.4 Å². The van der Waals surface area contributed by atoms with Crippen molar-refractivity contribution in [2.75, 3.05) is 24.9 Å². The summed E-state index contributed by atoms with van der Waals surface area (Å²) in [4.78, 5) is 40.8. The van der Waals surface area contributed by atoms with Gasteiger partial charge in [-0.1, -0.05) is 72.3 Å². The number of anilines is 2. The molecule has 0 aromatic heterocycles. The molecule has 49 heavy (non-hydrogen) atoms. The Labute approximate surface area is 292 Å². The zero-order chi connectivity index (χ0) is 34.8. The molecule has 1 atom stereocenters. The molecule has 3 amide bonds. The van der Waals surface area contributed by atoms with Crippen LogP contribution in [0.15, 0.2) is 132 Å². The van der Waals surface area contributed by atoms with Crippen LogP contribution >= 0.6 is 23.4 Å². The van der Waals surface area contributed by atoms with Crippen LogP contribution in [0.1, 0.15) is 26.7 Å². The van der Waals surface area contributed by atoms with E-state index >= 15 is 0 Å². The molecule has 3 N–H and O–H groups in total. The Bertz CT molecular complexity index is 1960. The van der Waals surface area contributed by atoms with Crippen molar-refractivity contribution in [3.8, 4) is 11.5 Å². The van der Waals surface area contributed by atoms with Gasteiger partial charge in [-0.3, -0.25) is 14.4 Å². The van der Waals surface area contributed by atoms with Crippen molar-refractivity contribution in [2.24, 2.45) is 0 Å². The van der Waals surface area contributed by atoms with Gasteiger partial charge in [-0.2, -0.15) is 0 Å². The lowest BCUT2D eigenvalue weighted by molar-refractivity contribution is -0.116. The quantitative estimate of drug-likeness (QED) is 0.0895. The first kappa shape index (κ1) is 34.7. The Hall–Kier alpha value is -5.58. The number of methoxy groups -OCH3 is 2. The molecule has 0 aliphatic rings. The first-order chi connectivity index (χ1) is 23.7. The van der Waals surface area contributed by atoms with Gasteiger partial charge in [-0.25, -0.2) is 4.39 Å². The number of hydrogen-bond acceptors (Lipinski definition) is 6. The molecule has 11 heteroatoms. The van der Waals surface area contributed by atoms with Gasteiger partial charge >= 0.3 is 0 Å². The number of nitrogens with one attached hydrogen (secondary N) is 3. The fraction of sp³-hybridized carbons (Fsp3) is 0.0789. The van der Waals surface area contributed by atoms with Crippen molar-refractivity contribution in [3.05, 3.63) is 155 Å². The van der Waals surface area contributed by atoms with E-state index in [-0.39, 0.29) is 11.6 Å². The van der Waals surface area contributed by atoms with Gasteiger partial charge in [-0.15, -0.1) is 11.8 Å². The lowest BCUT2D eigenvalue weighted by Crippen LogP contribution is -2.30. The van der Waals surface area contributed by atoms with E-state index in [0.717, 1.165) is 10.5 Å². The number of rotatable bonds is 12. The van der Waals surface area contributed by atoms with Gasteiger partial charge in [-0.05, 0) is 71.8 Å². The number of thioether (sulfide) groups is 1. The second-order valence-corrected chi connectivity index (χ2v) is 12.1. The van der Waals surface area contributed by atoms with E-state index in [0.29, 0.717) is 39.0 Å². The molecule has 0 radical (unpaired) electrons. The number of carbonyl (C=O) groups is 3. The lowest BCUT2D eigenvalue weighted by atomic mass is 10.1. The normalized spacial score (nSPS) is 11.6. The average Bonchev–Trinajstić information content (AvgIpc) is 3.12. The number of ether oxygens (including phenoxy) is 2. The average molecular weight is 696 g/mol. The van der Waals surface area contributed by atoms with E-state index < -0.39 is 22.9 Å². The second-order valence-electron chi connectivity index (χ2n) is 10.5. The Morgan fingerprint density at radius 2 is 1.41 bits per heavy atom. The third-order valence-electron chi connectivity index (χ3n) is 7.15. The SMILES string of the molecule is COc1cc(OC)c(NC(=O)C(Sc2ccc(NC(=O)/C(=C/c3ccc(F)cc3)NC(=O)c3ccccc3)cc2)c2ccccc2)cc1Cl. The summed E-state index contributed by atoms with van der Waals surface area (Å²) >= 11 is 7.65. The molecular weight excluding hydrogens is 665 g/mol. The molecule has 0 aliphatic heterocycles. The first-order valence-electron chi connectivity index (χ1n) is 14.9. The number of amides is 3. The highest BCUT2D eigenvalue weighted by Crippen LogP contribution is 2.40. The van der Waals surface area contributed by atoms with E-state index in [9.17, 15) is 18.8 Å². The standard InChI is InChI=1S/C38H31ClFN3O5S/c1-47-33-23-34(48-2)31(22-30(33)39)42-38(46)35(25-9-5-3-6-10-25)49-29-19-17-28(18-20-29)41-37(45)32(21-24-13-15-27(40)16-14-24)43-36(44)26-11-7-4-8-12-26/h3-23,35H,1-2H3,(H,41,45)(H,42,46)(H,43,44)/b32-21-. The molecule has 5 rings (SSSR count). The zero-order valence-corrected chi connectivity index (χ0v) is 28.0. The summed E-state index contributed by atoms with van der Waals surface area (Å²) in [6, 6.07) is 33.4. The van der Waals surface area contributed by atoms with Crippen molar-refractivity contribution < 1.29 is 28.2 Å². The Morgan fingerprint density at radius 1 is 0.776 bits per heavy atom. The maximum Gasteiger partial charge on any atom is 0.272 e. The minimum absolute atomic E-state index is 0.0335. The number of halogens is 2. The van der Waals surface area contributed by atoms with Crippen molar-refractivity contribution in [3.63, 3.8) is 0 Å². The van der Waals surface area contributed by atoms with E-state index in [1.807, 2.05) is 30.3 Å². The molecule has 5 aromatic rings. The van der Waals surface area contributed by atoms with Gasteiger partial charge in [0.05, 0.1) is 24.9 Å². The number of carbonyl (C=O) groups excluding carboxylic acids is 3. The summed E-state index contributed by atoms with van der Waals surface area (Å²) < 4.78 is 24.2. The largest absolute Gasteiger partial charge is 0.495 e. The molecule has 0 saturated carbocycles. The molecule has 0 heterocycles. The summed E-state index contributed by atoms with van der Waals surface area (Å²) in [5.41, 5.74) is 2.46. The highest BCUT2D eigenvalue weighted by Gasteiger charge is 2.24. The molecule has 8 nitrogen and oxygen atoms in total. The molecule has 1 unspecified atom stereocenters. The van der Waals surface area contributed by atoms with E-state index in [1.165, 1.54) is 56.3 Å². The van der Waals surface area contributed by atoms with Crippen molar-refractivity contribution in [1.29, 1.82) is 0 Å². The summed E-state index contributed by atoms with van der Waals surface area (Å²) in [5.74, 6) is -0.990. The molecule has 0 bridgehead atoms. The minimum Gasteiger partial charge on any atom is -0.495 e. The highest BCUT2D eigenvalue weighted by atomic mass is 35.5. The first-order valence-corrected chi connectivity index (χ1v) is 16.2. The van der Waals surface area contributed by atoms with Crippen LogP contribution in [0, 0.1) is 5.82 Å². The van der Waals surface area contributed by atoms with Crippen molar-refractivity contribution in [2.45, 2.75) is 10.1 Å². The van der Waals surface area contributed by atoms with Crippen LogP contribution in [0.2, 0.25) is 5.02 Å². The fourth-order valence-corrected chi connectivity index (χ4v) is 5.94. The topological polar surface area (TPSA) is 106 Å². The van der Waals surface area contributed by atoms with Crippen LogP contribution in [0.25, 0.3) is 6.08 Å². The summed E-state index contributed by atoms with van der Waals surface area (Å²) in [5, 5.41) is 8.05. The van der Waals surface area contributed by atoms with E-state index in [1.54, 1.807) is 66.7 Å². The van der Waals surface area contributed by atoms with Crippen LogP contribution in [-0.4, -0.2) is 31.9 Å². The monoisotopic (exact) mass is 695 g/mol. The van der Waals surface area contributed by atoms with Gasteiger partial charge in [0.1, 0.15) is 28.3 Å². The zero-order valence-electron chi connectivity index (χ0n) is 26.4. The maximum absolute atomic E-state index is 13.7. The second kappa shape index (κ2) is 16.5. The van der Waals surface area contributed by atoms with E-state index in [2.05, 4.69) is 16.0 Å². The van der Waals surface area contributed by atoms with Crippen LogP contribution in [-0.2, 0) is 9.59 Å². The smallest absolute Gasteiger partial charge is 0.272 e. The maximum atomic E-state index is 13.7. The molecule has 0 saturated heterocycles. The predicted octanol–water partition coefficient (Wildman–Crippen LogP) is 8.38. The molecule has 0 aliphatic carbocycles. The predicted molar refractivity (Wildman–Crippen MR) is 192 cm³/mol. The molecular formula is C38H31ClFN3O5S. The Balaban J connectivity index is 1.34. The minimum atomic E-state index is -0.661. The highest BCUT2D eigenvalue weighted by molar-refractivity contribution is 8.00. The van der Waals surface area contributed by atoms with Crippen LogP contribution in [0.5, 0.6) is 11.5 Å².